The summed E-state index contributed by atoms with van der Waals surface area (Å²) in [5.74, 6) is -0.652. The molecular weight excluding hydrogens is 415 g/mol. The fourth-order valence-corrected chi connectivity index (χ4v) is 4.45. The van der Waals surface area contributed by atoms with Gasteiger partial charge in [0, 0.05) is 25.2 Å². The number of benzene rings is 3. The van der Waals surface area contributed by atoms with Gasteiger partial charge >= 0.3 is 0 Å². The molecule has 3 aromatic rings. The van der Waals surface area contributed by atoms with Gasteiger partial charge in [0.05, 0.1) is 4.90 Å². The van der Waals surface area contributed by atoms with Crippen LogP contribution in [0.4, 0.5) is 4.39 Å². The van der Waals surface area contributed by atoms with Crippen molar-refractivity contribution in [2.75, 3.05) is 6.54 Å². The summed E-state index contributed by atoms with van der Waals surface area (Å²) in [7, 11) is -3.68. The smallest absolute Gasteiger partial charge is 0.251 e. The van der Waals surface area contributed by atoms with Crippen LogP contribution in [0.2, 0.25) is 0 Å². The van der Waals surface area contributed by atoms with Crippen molar-refractivity contribution in [1.82, 2.24) is 9.62 Å². The van der Waals surface area contributed by atoms with Crippen molar-refractivity contribution in [3.05, 3.63) is 114 Å². The van der Waals surface area contributed by atoms with Crippen LogP contribution in [-0.4, -0.2) is 25.2 Å². The molecule has 0 bridgehead atoms. The Labute approximate surface area is 181 Å². The first-order chi connectivity index (χ1) is 14.9. The first kappa shape index (κ1) is 22.4. The molecule has 0 saturated carbocycles. The monoisotopic (exact) mass is 438 g/mol. The van der Waals surface area contributed by atoms with E-state index in [4.69, 9.17) is 0 Å². The molecule has 1 N–H and O–H groups in total. The first-order valence-electron chi connectivity index (χ1n) is 9.68. The van der Waals surface area contributed by atoms with Crippen LogP contribution in [0.1, 0.15) is 21.5 Å². The lowest BCUT2D eigenvalue weighted by molar-refractivity contribution is 0.0951. The van der Waals surface area contributed by atoms with E-state index in [1.54, 1.807) is 66.7 Å². The highest BCUT2D eigenvalue weighted by atomic mass is 32.2. The quantitative estimate of drug-likeness (QED) is 0.511. The fourth-order valence-electron chi connectivity index (χ4n) is 3.03. The molecule has 0 fully saturated rings. The molecule has 3 rings (SSSR count). The highest BCUT2D eigenvalue weighted by molar-refractivity contribution is 7.89. The second kappa shape index (κ2) is 10.1. The third-order valence-corrected chi connectivity index (χ3v) is 6.46. The van der Waals surface area contributed by atoms with Gasteiger partial charge in [0.15, 0.2) is 0 Å². The van der Waals surface area contributed by atoms with Crippen LogP contribution in [0, 0.1) is 5.82 Å². The van der Waals surface area contributed by atoms with Gasteiger partial charge in [0.25, 0.3) is 5.91 Å². The number of sulfonamides is 1. The van der Waals surface area contributed by atoms with Crippen molar-refractivity contribution in [3.63, 3.8) is 0 Å². The summed E-state index contributed by atoms with van der Waals surface area (Å²) in [5, 5.41) is 2.74. The molecule has 0 spiro atoms. The lowest BCUT2D eigenvalue weighted by atomic mass is 10.1. The maximum atomic E-state index is 13.2. The molecule has 0 radical (unpaired) electrons. The number of amides is 1. The third kappa shape index (κ3) is 5.87. The lowest BCUT2D eigenvalue weighted by Crippen LogP contribution is -2.30. The Balaban J connectivity index is 1.68. The van der Waals surface area contributed by atoms with E-state index in [2.05, 4.69) is 11.9 Å². The Morgan fingerprint density at radius 2 is 1.68 bits per heavy atom. The average Bonchev–Trinajstić information content (AvgIpc) is 2.78. The molecule has 160 valence electrons. The number of hydrogen-bond donors (Lipinski definition) is 1. The van der Waals surface area contributed by atoms with Crippen LogP contribution in [0.5, 0.6) is 0 Å². The van der Waals surface area contributed by atoms with Crippen LogP contribution >= 0.6 is 0 Å². The van der Waals surface area contributed by atoms with Crippen molar-refractivity contribution in [2.45, 2.75) is 18.0 Å². The first-order valence-corrected chi connectivity index (χ1v) is 11.1. The number of nitrogens with one attached hydrogen (secondary N) is 1. The highest BCUT2D eigenvalue weighted by Gasteiger charge is 2.23. The number of nitrogens with zero attached hydrogens (tertiary/aromatic N) is 1. The van der Waals surface area contributed by atoms with E-state index in [-0.39, 0.29) is 36.3 Å². The van der Waals surface area contributed by atoms with Gasteiger partial charge in [-0.25, -0.2) is 12.8 Å². The van der Waals surface area contributed by atoms with E-state index >= 15 is 0 Å². The van der Waals surface area contributed by atoms with Gasteiger partial charge in [0.1, 0.15) is 5.82 Å². The molecule has 0 aliphatic carbocycles. The van der Waals surface area contributed by atoms with Crippen molar-refractivity contribution in [1.29, 1.82) is 0 Å². The van der Waals surface area contributed by atoms with Gasteiger partial charge in [0.2, 0.25) is 10.0 Å². The molecule has 0 atom stereocenters. The molecule has 0 aliphatic heterocycles. The summed E-state index contributed by atoms with van der Waals surface area (Å²) in [6.07, 6.45) is 1.54. The van der Waals surface area contributed by atoms with Crippen molar-refractivity contribution < 1.29 is 17.6 Å². The molecule has 0 saturated heterocycles. The van der Waals surface area contributed by atoms with Gasteiger partial charge in [-0.2, -0.15) is 4.31 Å². The second-order valence-corrected chi connectivity index (χ2v) is 8.85. The molecule has 31 heavy (non-hydrogen) atoms. The van der Waals surface area contributed by atoms with Crippen LogP contribution in [0.25, 0.3) is 0 Å². The minimum Gasteiger partial charge on any atom is -0.348 e. The van der Waals surface area contributed by atoms with E-state index in [9.17, 15) is 17.6 Å². The molecule has 0 aliphatic rings. The molecule has 3 aromatic carbocycles. The standard InChI is InChI=1S/C24H23FN2O3S/c1-2-15-27(31(29,30)23-9-4-3-5-10-23)18-19-11-13-21(14-12-19)24(28)26-17-20-7-6-8-22(25)16-20/h2-14,16H,1,15,17-18H2,(H,26,28). The molecular formula is C24H23FN2O3S. The van der Waals surface area contributed by atoms with Gasteiger partial charge in [-0.1, -0.05) is 48.5 Å². The number of carbonyl (C=O) groups is 1. The Hall–Kier alpha value is -3.29. The largest absolute Gasteiger partial charge is 0.348 e. The summed E-state index contributed by atoms with van der Waals surface area (Å²) in [6, 6.07) is 21.0. The maximum absolute atomic E-state index is 13.2. The van der Waals surface area contributed by atoms with Gasteiger partial charge in [-0.15, -0.1) is 6.58 Å². The van der Waals surface area contributed by atoms with E-state index in [1.807, 2.05) is 0 Å². The van der Waals surface area contributed by atoms with E-state index in [1.165, 1.54) is 22.5 Å². The minimum absolute atomic E-state index is 0.147. The summed E-state index contributed by atoms with van der Waals surface area (Å²) in [6.45, 7) is 4.17. The molecule has 0 unspecified atom stereocenters. The van der Waals surface area contributed by atoms with Crippen molar-refractivity contribution in [3.8, 4) is 0 Å². The number of halogens is 1. The summed E-state index contributed by atoms with van der Waals surface area (Å²) < 4.78 is 40.4. The molecule has 5 nitrogen and oxygen atoms in total. The van der Waals surface area contributed by atoms with Crippen molar-refractivity contribution >= 4 is 15.9 Å². The van der Waals surface area contributed by atoms with Crippen molar-refractivity contribution in [2.24, 2.45) is 0 Å². The van der Waals surface area contributed by atoms with E-state index < -0.39 is 10.0 Å². The topological polar surface area (TPSA) is 66.5 Å². The zero-order valence-electron chi connectivity index (χ0n) is 16.9. The van der Waals surface area contributed by atoms with Gasteiger partial charge in [-0.3, -0.25) is 4.79 Å². The predicted molar refractivity (Wildman–Crippen MR) is 118 cm³/mol. The molecule has 1 amide bonds. The minimum atomic E-state index is -3.68. The Morgan fingerprint density at radius 1 is 0.968 bits per heavy atom. The molecule has 0 heterocycles. The van der Waals surface area contributed by atoms with Crippen LogP contribution in [0.3, 0.4) is 0 Å². The Morgan fingerprint density at radius 3 is 2.32 bits per heavy atom. The molecule has 0 aromatic heterocycles. The number of hydrogen-bond acceptors (Lipinski definition) is 3. The Kier molecular flexibility index (Phi) is 7.33. The summed E-state index contributed by atoms with van der Waals surface area (Å²) in [5.41, 5.74) is 1.83. The highest BCUT2D eigenvalue weighted by Crippen LogP contribution is 2.18. The lowest BCUT2D eigenvalue weighted by Gasteiger charge is -2.21. The maximum Gasteiger partial charge on any atom is 0.251 e. The SMILES string of the molecule is C=CCN(Cc1ccc(C(=O)NCc2cccc(F)c2)cc1)S(=O)(=O)c1ccccc1. The normalized spacial score (nSPS) is 11.3. The van der Waals surface area contributed by atoms with Crippen LogP contribution in [-0.2, 0) is 23.1 Å². The zero-order valence-corrected chi connectivity index (χ0v) is 17.7. The van der Waals surface area contributed by atoms with Gasteiger partial charge in [-0.05, 0) is 47.5 Å². The number of carbonyl (C=O) groups excluding carboxylic acids is 1. The van der Waals surface area contributed by atoms with Crippen LogP contribution < -0.4 is 5.32 Å². The third-order valence-electron chi connectivity index (χ3n) is 4.63. The Bertz CT molecular complexity index is 1150. The predicted octanol–water partition coefficient (Wildman–Crippen LogP) is 4.13. The average molecular weight is 439 g/mol. The summed E-state index contributed by atoms with van der Waals surface area (Å²) in [4.78, 5) is 12.6. The second-order valence-electron chi connectivity index (χ2n) is 6.91. The molecule has 7 heteroatoms. The summed E-state index contributed by atoms with van der Waals surface area (Å²) >= 11 is 0. The van der Waals surface area contributed by atoms with Gasteiger partial charge < -0.3 is 5.32 Å². The van der Waals surface area contributed by atoms with E-state index in [0.29, 0.717) is 11.1 Å². The van der Waals surface area contributed by atoms with Crippen LogP contribution in [0.15, 0.2) is 96.4 Å². The number of rotatable bonds is 9. The van der Waals surface area contributed by atoms with E-state index in [0.717, 1.165) is 5.56 Å². The zero-order chi connectivity index (χ0) is 22.3. The fraction of sp³-hybridized carbons (Fsp3) is 0.125.